The van der Waals surface area contributed by atoms with Crippen molar-refractivity contribution in [3.63, 3.8) is 0 Å². The van der Waals surface area contributed by atoms with Gasteiger partial charge >= 0.3 is 0 Å². The summed E-state index contributed by atoms with van der Waals surface area (Å²) in [6.07, 6.45) is 0. The fourth-order valence-electron chi connectivity index (χ4n) is 2.23. The second-order valence-electron chi connectivity index (χ2n) is 5.37. The van der Waals surface area contributed by atoms with Crippen LogP contribution in [0.3, 0.4) is 0 Å². The van der Waals surface area contributed by atoms with Crippen LogP contribution in [0.25, 0.3) is 0 Å². The molecule has 0 aliphatic heterocycles. The Bertz CT molecular complexity index is 864. The topological polar surface area (TPSA) is 38.3 Å². The molecule has 1 N–H and O–H groups in total. The largest absolute Gasteiger partial charge is 0.489 e. The Morgan fingerprint density at radius 3 is 2.32 bits per heavy atom. The number of benzene rings is 3. The molecule has 0 saturated heterocycles. The average molecular weight is 417 g/mol. The van der Waals surface area contributed by atoms with Crippen molar-refractivity contribution in [3.05, 3.63) is 93.4 Å². The van der Waals surface area contributed by atoms with Crippen LogP contribution in [0.4, 0.5) is 5.69 Å². The Balaban J connectivity index is 1.59. The quantitative estimate of drug-likeness (QED) is 0.559. The van der Waals surface area contributed by atoms with Crippen LogP contribution in [0.2, 0.25) is 5.02 Å². The van der Waals surface area contributed by atoms with Gasteiger partial charge in [-0.25, -0.2) is 0 Å². The number of carbonyl (C=O) groups is 1. The van der Waals surface area contributed by atoms with Gasteiger partial charge in [-0.3, -0.25) is 4.79 Å². The third-order valence-electron chi connectivity index (χ3n) is 3.55. The van der Waals surface area contributed by atoms with Gasteiger partial charge in [-0.1, -0.05) is 35.9 Å². The second kappa shape index (κ2) is 8.19. The van der Waals surface area contributed by atoms with E-state index in [0.29, 0.717) is 22.9 Å². The molecule has 0 spiro atoms. The van der Waals surface area contributed by atoms with Crippen LogP contribution in [-0.2, 0) is 6.61 Å². The maximum Gasteiger partial charge on any atom is 0.256 e. The van der Waals surface area contributed by atoms with Gasteiger partial charge in [-0.05, 0) is 70.0 Å². The monoisotopic (exact) mass is 415 g/mol. The van der Waals surface area contributed by atoms with Crippen LogP contribution in [0.15, 0.2) is 77.3 Å². The van der Waals surface area contributed by atoms with E-state index in [2.05, 4.69) is 21.2 Å². The highest BCUT2D eigenvalue weighted by molar-refractivity contribution is 9.10. The molecule has 3 rings (SSSR count). The van der Waals surface area contributed by atoms with Crippen LogP contribution < -0.4 is 10.1 Å². The number of amides is 1. The number of nitrogens with one attached hydrogen (secondary N) is 1. The van der Waals surface area contributed by atoms with E-state index in [4.69, 9.17) is 16.3 Å². The third kappa shape index (κ3) is 4.84. The van der Waals surface area contributed by atoms with Crippen LogP contribution in [0.1, 0.15) is 15.9 Å². The van der Waals surface area contributed by atoms with Crippen molar-refractivity contribution in [2.24, 2.45) is 0 Å². The lowest BCUT2D eigenvalue weighted by Gasteiger charge is -2.09. The summed E-state index contributed by atoms with van der Waals surface area (Å²) in [5, 5.41) is 3.57. The Morgan fingerprint density at radius 1 is 0.960 bits per heavy atom. The number of carbonyl (C=O) groups excluding carboxylic acids is 1. The maximum atomic E-state index is 12.3. The molecule has 3 aromatic rings. The van der Waals surface area contributed by atoms with Gasteiger partial charge in [0.15, 0.2) is 0 Å². The zero-order valence-electron chi connectivity index (χ0n) is 13.2. The highest BCUT2D eigenvalue weighted by atomic mass is 79.9. The Morgan fingerprint density at radius 2 is 1.64 bits per heavy atom. The molecule has 0 radical (unpaired) electrons. The Hall–Kier alpha value is -2.30. The zero-order chi connectivity index (χ0) is 17.6. The number of hydrogen-bond acceptors (Lipinski definition) is 2. The minimum atomic E-state index is -0.165. The number of hydrogen-bond donors (Lipinski definition) is 1. The molecule has 5 heteroatoms. The van der Waals surface area contributed by atoms with Gasteiger partial charge in [0.05, 0.1) is 5.56 Å². The fraction of sp³-hybridized carbons (Fsp3) is 0.0500. The number of anilines is 1. The van der Waals surface area contributed by atoms with E-state index < -0.39 is 0 Å². The van der Waals surface area contributed by atoms with Gasteiger partial charge in [-0.2, -0.15) is 0 Å². The molecule has 0 atom stereocenters. The number of halogens is 2. The first-order valence-electron chi connectivity index (χ1n) is 7.65. The lowest BCUT2D eigenvalue weighted by Crippen LogP contribution is -2.12. The Labute approximate surface area is 159 Å². The zero-order valence-corrected chi connectivity index (χ0v) is 15.5. The van der Waals surface area contributed by atoms with Crippen LogP contribution in [0, 0.1) is 0 Å². The van der Waals surface area contributed by atoms with Gasteiger partial charge in [0, 0.05) is 15.2 Å². The SMILES string of the molecule is O=C(Nc1ccc(OCc2ccc(Cl)cc2)cc1)c1ccccc1Br. The number of rotatable bonds is 5. The molecule has 3 aromatic carbocycles. The fourth-order valence-corrected chi connectivity index (χ4v) is 2.82. The summed E-state index contributed by atoms with van der Waals surface area (Å²) in [6.45, 7) is 0.458. The molecular formula is C20H15BrClNO2. The standard InChI is InChI=1S/C20H15BrClNO2/c21-19-4-2-1-3-18(19)20(24)23-16-9-11-17(12-10-16)25-13-14-5-7-15(22)8-6-14/h1-12H,13H2,(H,23,24). The van der Waals surface area contributed by atoms with E-state index in [1.165, 1.54) is 0 Å². The molecule has 25 heavy (non-hydrogen) atoms. The summed E-state index contributed by atoms with van der Waals surface area (Å²) in [4.78, 5) is 12.3. The maximum absolute atomic E-state index is 12.3. The minimum Gasteiger partial charge on any atom is -0.489 e. The average Bonchev–Trinajstić information content (AvgIpc) is 2.63. The predicted octanol–water partition coefficient (Wildman–Crippen LogP) is 5.93. The second-order valence-corrected chi connectivity index (χ2v) is 6.66. The summed E-state index contributed by atoms with van der Waals surface area (Å²) < 4.78 is 6.49. The summed E-state index contributed by atoms with van der Waals surface area (Å²) in [7, 11) is 0. The van der Waals surface area contributed by atoms with E-state index >= 15 is 0 Å². The first kappa shape index (κ1) is 17.5. The molecule has 0 bridgehead atoms. The van der Waals surface area contributed by atoms with Crippen molar-refractivity contribution in [3.8, 4) is 5.75 Å². The molecule has 0 unspecified atom stereocenters. The van der Waals surface area contributed by atoms with Crippen LogP contribution >= 0.6 is 27.5 Å². The molecule has 0 heterocycles. The van der Waals surface area contributed by atoms with Crippen molar-refractivity contribution in [1.82, 2.24) is 0 Å². The predicted molar refractivity (Wildman–Crippen MR) is 104 cm³/mol. The van der Waals surface area contributed by atoms with E-state index in [1.54, 1.807) is 6.07 Å². The first-order valence-corrected chi connectivity index (χ1v) is 8.82. The molecule has 0 aliphatic rings. The first-order chi connectivity index (χ1) is 12.1. The van der Waals surface area contributed by atoms with Gasteiger partial charge in [0.25, 0.3) is 5.91 Å². The van der Waals surface area contributed by atoms with Gasteiger partial charge in [0.1, 0.15) is 12.4 Å². The van der Waals surface area contributed by atoms with Gasteiger partial charge in [-0.15, -0.1) is 0 Å². The van der Waals surface area contributed by atoms with E-state index in [0.717, 1.165) is 15.8 Å². The smallest absolute Gasteiger partial charge is 0.256 e. The third-order valence-corrected chi connectivity index (χ3v) is 4.49. The molecule has 126 valence electrons. The van der Waals surface area contributed by atoms with Crippen LogP contribution in [-0.4, -0.2) is 5.91 Å². The summed E-state index contributed by atoms with van der Waals surface area (Å²) in [6, 6.07) is 22.1. The van der Waals surface area contributed by atoms with Crippen molar-refractivity contribution < 1.29 is 9.53 Å². The summed E-state index contributed by atoms with van der Waals surface area (Å²) in [5.41, 5.74) is 2.33. The molecule has 0 aliphatic carbocycles. The highest BCUT2D eigenvalue weighted by Crippen LogP contribution is 2.20. The lowest BCUT2D eigenvalue weighted by molar-refractivity contribution is 0.102. The molecular weight excluding hydrogens is 402 g/mol. The van der Waals surface area contributed by atoms with E-state index in [1.807, 2.05) is 66.7 Å². The van der Waals surface area contributed by atoms with Crippen molar-refractivity contribution >= 4 is 39.1 Å². The lowest BCUT2D eigenvalue weighted by atomic mass is 10.2. The summed E-state index contributed by atoms with van der Waals surface area (Å²) in [5.74, 6) is 0.566. The molecule has 0 aromatic heterocycles. The van der Waals surface area contributed by atoms with Gasteiger partial charge < -0.3 is 10.1 Å². The highest BCUT2D eigenvalue weighted by Gasteiger charge is 2.09. The van der Waals surface area contributed by atoms with E-state index in [-0.39, 0.29) is 5.91 Å². The Kier molecular flexibility index (Phi) is 5.74. The van der Waals surface area contributed by atoms with Crippen molar-refractivity contribution in [2.45, 2.75) is 6.61 Å². The molecule has 0 fully saturated rings. The van der Waals surface area contributed by atoms with Crippen molar-refractivity contribution in [2.75, 3.05) is 5.32 Å². The molecule has 1 amide bonds. The number of ether oxygens (including phenoxy) is 1. The molecule has 0 saturated carbocycles. The normalized spacial score (nSPS) is 10.3. The van der Waals surface area contributed by atoms with Crippen LogP contribution in [0.5, 0.6) is 5.75 Å². The summed E-state index contributed by atoms with van der Waals surface area (Å²) >= 11 is 9.24. The van der Waals surface area contributed by atoms with Crippen molar-refractivity contribution in [1.29, 1.82) is 0 Å². The minimum absolute atomic E-state index is 0.165. The van der Waals surface area contributed by atoms with Gasteiger partial charge in [0.2, 0.25) is 0 Å². The van der Waals surface area contributed by atoms with E-state index in [9.17, 15) is 4.79 Å². The molecule has 3 nitrogen and oxygen atoms in total.